The van der Waals surface area contributed by atoms with Crippen LogP contribution in [0.4, 0.5) is 18.9 Å². The zero-order valence-electron chi connectivity index (χ0n) is 19.4. The van der Waals surface area contributed by atoms with Crippen LogP contribution in [0, 0.1) is 6.92 Å². The van der Waals surface area contributed by atoms with Crippen LogP contribution in [-0.2, 0) is 40.5 Å². The summed E-state index contributed by atoms with van der Waals surface area (Å²) in [6.07, 6.45) is -4.01. The molecule has 1 amide bonds. The normalized spacial score (nSPS) is 12.8. The van der Waals surface area contributed by atoms with E-state index in [-0.39, 0.29) is 29.9 Å². The number of hydrogen-bond acceptors (Lipinski definition) is 5. The van der Waals surface area contributed by atoms with Crippen molar-refractivity contribution in [2.75, 3.05) is 11.5 Å². The van der Waals surface area contributed by atoms with E-state index in [0.29, 0.717) is 12.0 Å². The molecule has 192 valence electrons. The molecule has 0 spiro atoms. The van der Waals surface area contributed by atoms with Gasteiger partial charge in [-0.3, -0.25) is 9.35 Å². The fourth-order valence-corrected chi connectivity index (χ4v) is 4.49. The van der Waals surface area contributed by atoms with E-state index in [0.717, 1.165) is 17.2 Å². The van der Waals surface area contributed by atoms with Crippen molar-refractivity contribution in [1.82, 2.24) is 10.3 Å². The molecule has 0 aliphatic carbocycles. The van der Waals surface area contributed by atoms with Crippen LogP contribution in [0.3, 0.4) is 0 Å². The third-order valence-electron chi connectivity index (χ3n) is 5.65. The SMILES string of the molecule is Cc1ccc(CCc2nc(C(F)(F)F)ccc2CNC(=O)C(CS(=O)(=O)O)c2ccccc2N)cc1. The number of alkyl halides is 3. The molecule has 0 radical (unpaired) electrons. The van der Waals surface area contributed by atoms with E-state index in [2.05, 4.69) is 10.3 Å². The fourth-order valence-electron chi connectivity index (χ4n) is 3.73. The van der Waals surface area contributed by atoms with E-state index in [1.165, 1.54) is 18.2 Å². The Kier molecular flexibility index (Phi) is 8.36. The minimum absolute atomic E-state index is 0.163. The van der Waals surface area contributed by atoms with Crippen molar-refractivity contribution >= 4 is 21.7 Å². The van der Waals surface area contributed by atoms with Crippen LogP contribution >= 0.6 is 0 Å². The Morgan fingerprint density at radius 3 is 2.33 bits per heavy atom. The molecule has 7 nitrogen and oxygen atoms in total. The van der Waals surface area contributed by atoms with Gasteiger partial charge in [-0.25, -0.2) is 4.98 Å². The van der Waals surface area contributed by atoms with Crippen LogP contribution in [-0.4, -0.2) is 29.6 Å². The van der Waals surface area contributed by atoms with Gasteiger partial charge in [-0.15, -0.1) is 0 Å². The number of nitrogens with two attached hydrogens (primary N) is 1. The maximum Gasteiger partial charge on any atom is 0.433 e. The monoisotopic (exact) mass is 521 g/mol. The Hall–Kier alpha value is -3.44. The molecule has 3 aromatic rings. The average Bonchev–Trinajstić information content (AvgIpc) is 2.80. The van der Waals surface area contributed by atoms with Gasteiger partial charge in [0.15, 0.2) is 0 Å². The second kappa shape index (κ2) is 11.1. The summed E-state index contributed by atoms with van der Waals surface area (Å²) in [7, 11) is -4.54. The highest BCUT2D eigenvalue weighted by Crippen LogP contribution is 2.29. The standard InChI is InChI=1S/C25H26F3N3O4S/c1-16-6-8-17(9-7-16)10-12-22-18(11-13-23(31-22)25(26,27)28)14-30-24(32)20(15-36(33,34)35)19-4-2-3-5-21(19)29/h2-9,11,13,20H,10,12,14-15,29H2,1H3,(H,30,32)(H,33,34,35). The van der Waals surface area contributed by atoms with Crippen molar-refractivity contribution < 1.29 is 30.9 Å². The van der Waals surface area contributed by atoms with Crippen LogP contribution in [0.15, 0.2) is 60.7 Å². The molecule has 0 aliphatic heterocycles. The molecule has 1 atom stereocenters. The summed E-state index contributed by atoms with van der Waals surface area (Å²) < 4.78 is 72.3. The van der Waals surface area contributed by atoms with E-state index >= 15 is 0 Å². The molecule has 1 unspecified atom stereocenters. The zero-order valence-corrected chi connectivity index (χ0v) is 20.2. The van der Waals surface area contributed by atoms with Gasteiger partial charge in [-0.05, 0) is 48.6 Å². The molecule has 0 saturated carbocycles. The fraction of sp³-hybridized carbons (Fsp3) is 0.280. The predicted octanol–water partition coefficient (Wildman–Crippen LogP) is 4.06. The molecule has 2 aromatic carbocycles. The third-order valence-corrected chi connectivity index (χ3v) is 6.40. The summed E-state index contributed by atoms with van der Waals surface area (Å²) in [5.41, 5.74) is 7.72. The van der Waals surface area contributed by atoms with Gasteiger partial charge >= 0.3 is 6.18 Å². The average molecular weight is 522 g/mol. The number of benzene rings is 2. The number of nitrogen functional groups attached to an aromatic ring is 1. The van der Waals surface area contributed by atoms with Crippen LogP contribution in [0.2, 0.25) is 0 Å². The first-order chi connectivity index (χ1) is 16.8. The second-order valence-corrected chi connectivity index (χ2v) is 9.93. The van der Waals surface area contributed by atoms with E-state index < -0.39 is 39.6 Å². The van der Waals surface area contributed by atoms with Crippen LogP contribution in [0.1, 0.15) is 39.6 Å². The Morgan fingerprint density at radius 2 is 1.72 bits per heavy atom. The molecule has 11 heteroatoms. The minimum Gasteiger partial charge on any atom is -0.398 e. The van der Waals surface area contributed by atoms with Crippen LogP contribution in [0.25, 0.3) is 0 Å². The summed E-state index contributed by atoms with van der Waals surface area (Å²) in [5.74, 6) is -2.98. The Morgan fingerprint density at radius 1 is 1.06 bits per heavy atom. The number of amides is 1. The second-order valence-electron chi connectivity index (χ2n) is 8.43. The summed E-state index contributed by atoms with van der Waals surface area (Å²) in [5, 5.41) is 2.56. The maximum absolute atomic E-state index is 13.3. The smallest absolute Gasteiger partial charge is 0.398 e. The molecule has 3 rings (SSSR count). The van der Waals surface area contributed by atoms with Gasteiger partial charge in [0.1, 0.15) is 5.69 Å². The summed E-state index contributed by atoms with van der Waals surface area (Å²) in [6, 6.07) is 15.8. The molecule has 0 aliphatic rings. The van der Waals surface area contributed by atoms with Crippen LogP contribution < -0.4 is 11.1 Å². The first kappa shape index (κ1) is 27.2. The minimum atomic E-state index is -4.63. The number of anilines is 1. The lowest BCUT2D eigenvalue weighted by Gasteiger charge is -2.19. The van der Waals surface area contributed by atoms with Crippen molar-refractivity contribution in [1.29, 1.82) is 0 Å². The number of para-hydroxylation sites is 1. The number of nitrogens with one attached hydrogen (secondary N) is 1. The lowest BCUT2D eigenvalue weighted by Crippen LogP contribution is -2.33. The van der Waals surface area contributed by atoms with Gasteiger partial charge in [-0.2, -0.15) is 21.6 Å². The van der Waals surface area contributed by atoms with Gasteiger partial charge in [0.25, 0.3) is 10.1 Å². The molecular formula is C25H26F3N3O4S. The molecule has 0 fully saturated rings. The number of aromatic nitrogens is 1. The summed E-state index contributed by atoms with van der Waals surface area (Å²) in [6.45, 7) is 1.74. The highest BCUT2D eigenvalue weighted by molar-refractivity contribution is 7.85. The van der Waals surface area contributed by atoms with Crippen molar-refractivity contribution in [2.45, 2.75) is 38.4 Å². The molecule has 1 heterocycles. The van der Waals surface area contributed by atoms with Crippen LogP contribution in [0.5, 0.6) is 0 Å². The molecule has 0 saturated heterocycles. The lowest BCUT2D eigenvalue weighted by molar-refractivity contribution is -0.141. The maximum atomic E-state index is 13.3. The highest BCUT2D eigenvalue weighted by atomic mass is 32.2. The van der Waals surface area contributed by atoms with Crippen molar-refractivity contribution in [3.05, 3.63) is 94.3 Å². The summed E-state index contributed by atoms with van der Waals surface area (Å²) in [4.78, 5) is 16.8. The number of carbonyl (C=O) groups excluding carboxylic acids is 1. The largest absolute Gasteiger partial charge is 0.433 e. The van der Waals surface area contributed by atoms with E-state index in [9.17, 15) is 30.9 Å². The molecular weight excluding hydrogens is 495 g/mol. The van der Waals surface area contributed by atoms with Crippen molar-refractivity contribution in [2.24, 2.45) is 0 Å². The quantitative estimate of drug-likeness (QED) is 0.288. The number of halogens is 3. The first-order valence-electron chi connectivity index (χ1n) is 11.0. The van der Waals surface area contributed by atoms with E-state index in [1.54, 1.807) is 12.1 Å². The number of rotatable bonds is 9. The van der Waals surface area contributed by atoms with Crippen molar-refractivity contribution in [3.63, 3.8) is 0 Å². The van der Waals surface area contributed by atoms with Gasteiger partial charge in [0, 0.05) is 17.9 Å². The van der Waals surface area contributed by atoms with Gasteiger partial charge < -0.3 is 11.1 Å². The molecule has 4 N–H and O–H groups in total. The third kappa shape index (κ3) is 7.53. The molecule has 1 aromatic heterocycles. The number of hydrogen-bond donors (Lipinski definition) is 3. The molecule has 36 heavy (non-hydrogen) atoms. The van der Waals surface area contributed by atoms with Crippen molar-refractivity contribution in [3.8, 4) is 0 Å². The van der Waals surface area contributed by atoms with E-state index in [4.69, 9.17) is 5.73 Å². The topological polar surface area (TPSA) is 122 Å². The first-order valence-corrected chi connectivity index (χ1v) is 12.6. The lowest BCUT2D eigenvalue weighted by atomic mass is 9.98. The summed E-state index contributed by atoms with van der Waals surface area (Å²) >= 11 is 0. The molecule has 0 bridgehead atoms. The highest BCUT2D eigenvalue weighted by Gasteiger charge is 2.33. The number of pyridine rings is 1. The number of carbonyl (C=O) groups is 1. The number of nitrogens with zero attached hydrogens (tertiary/aromatic N) is 1. The predicted molar refractivity (Wildman–Crippen MR) is 130 cm³/mol. The number of aryl methyl sites for hydroxylation is 3. The van der Waals surface area contributed by atoms with Gasteiger partial charge in [0.05, 0.1) is 11.7 Å². The van der Waals surface area contributed by atoms with Gasteiger partial charge in [0.2, 0.25) is 5.91 Å². The van der Waals surface area contributed by atoms with Gasteiger partial charge in [-0.1, -0.05) is 54.1 Å². The Labute approximate surface area is 207 Å². The Balaban J connectivity index is 1.84. The Bertz CT molecular complexity index is 1330. The van der Waals surface area contributed by atoms with E-state index in [1.807, 2.05) is 31.2 Å². The zero-order chi connectivity index (χ0) is 26.5.